The zero-order valence-corrected chi connectivity index (χ0v) is 9.55. The minimum Gasteiger partial charge on any atom is -0.198 e. The Morgan fingerprint density at radius 1 is 0.867 bits per heavy atom. The summed E-state index contributed by atoms with van der Waals surface area (Å²) < 4.78 is 0. The molecular formula is C9H4Cl3N3. The van der Waals surface area contributed by atoms with Gasteiger partial charge in [0, 0.05) is 10.6 Å². The fourth-order valence-electron chi connectivity index (χ4n) is 1.08. The van der Waals surface area contributed by atoms with Crippen molar-refractivity contribution in [1.29, 1.82) is 0 Å². The molecule has 0 bridgehead atoms. The summed E-state index contributed by atoms with van der Waals surface area (Å²) in [5.41, 5.74) is 0.744. The van der Waals surface area contributed by atoms with Gasteiger partial charge in [-0.25, -0.2) is 0 Å². The van der Waals surface area contributed by atoms with Crippen LogP contribution < -0.4 is 0 Å². The van der Waals surface area contributed by atoms with Gasteiger partial charge in [0.15, 0.2) is 5.82 Å². The van der Waals surface area contributed by atoms with Gasteiger partial charge in [0.1, 0.15) is 0 Å². The van der Waals surface area contributed by atoms with Crippen molar-refractivity contribution >= 4 is 34.8 Å². The maximum atomic E-state index is 5.84. The van der Waals surface area contributed by atoms with E-state index >= 15 is 0 Å². The maximum Gasteiger partial charge on any atom is 0.227 e. The van der Waals surface area contributed by atoms with Gasteiger partial charge in [-0.1, -0.05) is 23.7 Å². The molecule has 0 aliphatic carbocycles. The predicted molar refractivity (Wildman–Crippen MR) is 60.3 cm³/mol. The van der Waals surface area contributed by atoms with E-state index in [4.69, 9.17) is 34.8 Å². The second-order valence-corrected chi connectivity index (χ2v) is 3.82. The van der Waals surface area contributed by atoms with E-state index in [1.54, 1.807) is 18.2 Å². The SMILES string of the molecule is Clc1cccc(-c2nc(Cl)nc(Cl)n2)c1. The number of hydrogen-bond acceptors (Lipinski definition) is 3. The molecule has 15 heavy (non-hydrogen) atoms. The Labute approximate surface area is 101 Å². The molecular weight excluding hydrogens is 256 g/mol. The molecule has 0 unspecified atom stereocenters. The Morgan fingerprint density at radius 3 is 2.13 bits per heavy atom. The standard InChI is InChI=1S/C9H4Cl3N3/c10-6-3-1-2-5(4-6)7-13-8(11)15-9(12)14-7/h1-4H. The van der Waals surface area contributed by atoms with E-state index in [-0.39, 0.29) is 10.6 Å². The second-order valence-electron chi connectivity index (χ2n) is 2.71. The Kier molecular flexibility index (Phi) is 3.05. The average molecular weight is 261 g/mol. The zero-order valence-electron chi connectivity index (χ0n) is 7.28. The molecule has 3 nitrogen and oxygen atoms in total. The van der Waals surface area contributed by atoms with Gasteiger partial charge in [0.25, 0.3) is 0 Å². The van der Waals surface area contributed by atoms with Crippen LogP contribution in [0.5, 0.6) is 0 Å². The lowest BCUT2D eigenvalue weighted by molar-refractivity contribution is 1.06. The highest BCUT2D eigenvalue weighted by atomic mass is 35.5. The van der Waals surface area contributed by atoms with E-state index in [1.807, 2.05) is 6.07 Å². The van der Waals surface area contributed by atoms with Gasteiger partial charge in [-0.05, 0) is 35.3 Å². The van der Waals surface area contributed by atoms with E-state index in [9.17, 15) is 0 Å². The maximum absolute atomic E-state index is 5.84. The summed E-state index contributed by atoms with van der Waals surface area (Å²) in [5.74, 6) is 0.405. The Balaban J connectivity index is 2.54. The number of nitrogens with zero attached hydrogens (tertiary/aromatic N) is 3. The zero-order chi connectivity index (χ0) is 10.8. The molecule has 0 aliphatic rings. The minimum atomic E-state index is 0.0602. The third-order valence-electron chi connectivity index (χ3n) is 1.66. The van der Waals surface area contributed by atoms with Crippen molar-refractivity contribution in [3.63, 3.8) is 0 Å². The fraction of sp³-hybridized carbons (Fsp3) is 0. The van der Waals surface area contributed by atoms with Crippen LogP contribution in [0.1, 0.15) is 0 Å². The van der Waals surface area contributed by atoms with Gasteiger partial charge in [0.05, 0.1) is 0 Å². The number of rotatable bonds is 1. The molecule has 2 aromatic rings. The van der Waals surface area contributed by atoms with Gasteiger partial charge in [-0.15, -0.1) is 0 Å². The summed E-state index contributed by atoms with van der Waals surface area (Å²) in [6.07, 6.45) is 0. The monoisotopic (exact) mass is 259 g/mol. The van der Waals surface area contributed by atoms with Crippen LogP contribution in [-0.4, -0.2) is 15.0 Å². The van der Waals surface area contributed by atoms with Crippen molar-refractivity contribution < 1.29 is 0 Å². The first kappa shape index (κ1) is 10.6. The van der Waals surface area contributed by atoms with Crippen LogP contribution in [-0.2, 0) is 0 Å². The Hall–Kier alpha value is -0.900. The van der Waals surface area contributed by atoms with Crippen LogP contribution >= 0.6 is 34.8 Å². The normalized spacial score (nSPS) is 10.3. The molecule has 76 valence electrons. The summed E-state index contributed by atoms with van der Waals surface area (Å²) in [6.45, 7) is 0. The summed E-state index contributed by atoms with van der Waals surface area (Å²) in [4.78, 5) is 11.5. The highest BCUT2D eigenvalue weighted by Gasteiger charge is 2.05. The largest absolute Gasteiger partial charge is 0.227 e. The molecule has 2 rings (SSSR count). The number of hydrogen-bond donors (Lipinski definition) is 0. The van der Waals surface area contributed by atoms with Crippen molar-refractivity contribution in [1.82, 2.24) is 15.0 Å². The first-order valence-electron chi connectivity index (χ1n) is 3.98. The molecule has 0 fully saturated rings. The molecule has 0 spiro atoms. The summed E-state index contributed by atoms with van der Waals surface area (Å²) >= 11 is 17.2. The highest BCUT2D eigenvalue weighted by molar-refractivity contribution is 6.31. The number of benzene rings is 1. The first-order chi connectivity index (χ1) is 7.15. The molecule has 0 saturated carbocycles. The Bertz CT molecular complexity index is 481. The van der Waals surface area contributed by atoms with Crippen LogP contribution in [0.2, 0.25) is 15.6 Å². The first-order valence-corrected chi connectivity index (χ1v) is 5.11. The molecule has 0 radical (unpaired) electrons. The molecule has 6 heteroatoms. The fourth-order valence-corrected chi connectivity index (χ4v) is 1.64. The van der Waals surface area contributed by atoms with Gasteiger partial charge < -0.3 is 0 Å². The molecule has 0 atom stereocenters. The minimum absolute atomic E-state index is 0.0602. The van der Waals surface area contributed by atoms with Crippen LogP contribution in [0.25, 0.3) is 11.4 Å². The molecule has 1 heterocycles. The second kappa shape index (κ2) is 4.31. The smallest absolute Gasteiger partial charge is 0.198 e. The van der Waals surface area contributed by atoms with Crippen molar-refractivity contribution in [3.8, 4) is 11.4 Å². The third-order valence-corrected chi connectivity index (χ3v) is 2.24. The molecule has 0 N–H and O–H groups in total. The van der Waals surface area contributed by atoms with Crippen molar-refractivity contribution in [2.45, 2.75) is 0 Å². The average Bonchev–Trinajstić information content (AvgIpc) is 2.16. The predicted octanol–water partition coefficient (Wildman–Crippen LogP) is 3.50. The van der Waals surface area contributed by atoms with Crippen molar-refractivity contribution in [3.05, 3.63) is 39.9 Å². The lowest BCUT2D eigenvalue weighted by atomic mass is 10.2. The van der Waals surface area contributed by atoms with Gasteiger partial charge in [0.2, 0.25) is 10.6 Å². The summed E-state index contributed by atoms with van der Waals surface area (Å²) in [7, 11) is 0. The topological polar surface area (TPSA) is 38.7 Å². The van der Waals surface area contributed by atoms with Crippen LogP contribution in [0.4, 0.5) is 0 Å². The van der Waals surface area contributed by atoms with E-state index in [2.05, 4.69) is 15.0 Å². The molecule has 1 aromatic carbocycles. The van der Waals surface area contributed by atoms with Gasteiger partial charge in [-0.2, -0.15) is 15.0 Å². The Morgan fingerprint density at radius 2 is 1.53 bits per heavy atom. The van der Waals surface area contributed by atoms with Crippen molar-refractivity contribution in [2.24, 2.45) is 0 Å². The van der Waals surface area contributed by atoms with E-state index in [0.29, 0.717) is 10.8 Å². The lowest BCUT2D eigenvalue weighted by Gasteiger charge is -2.00. The van der Waals surface area contributed by atoms with Crippen LogP contribution in [0, 0.1) is 0 Å². The lowest BCUT2D eigenvalue weighted by Crippen LogP contribution is -1.93. The van der Waals surface area contributed by atoms with Gasteiger partial charge >= 0.3 is 0 Å². The molecule has 0 amide bonds. The van der Waals surface area contributed by atoms with E-state index in [1.165, 1.54) is 0 Å². The summed E-state index contributed by atoms with van der Waals surface area (Å²) in [5, 5.41) is 0.718. The molecule has 1 aromatic heterocycles. The quantitative estimate of drug-likeness (QED) is 0.788. The van der Waals surface area contributed by atoms with Crippen LogP contribution in [0.15, 0.2) is 24.3 Å². The number of halogens is 3. The van der Waals surface area contributed by atoms with Gasteiger partial charge in [-0.3, -0.25) is 0 Å². The van der Waals surface area contributed by atoms with E-state index < -0.39 is 0 Å². The van der Waals surface area contributed by atoms with Crippen molar-refractivity contribution in [2.75, 3.05) is 0 Å². The van der Waals surface area contributed by atoms with E-state index in [0.717, 1.165) is 5.56 Å². The summed E-state index contributed by atoms with van der Waals surface area (Å²) in [6, 6.07) is 7.09. The van der Waals surface area contributed by atoms with Crippen LogP contribution in [0.3, 0.4) is 0 Å². The number of aromatic nitrogens is 3. The highest BCUT2D eigenvalue weighted by Crippen LogP contribution is 2.21. The third kappa shape index (κ3) is 2.56. The molecule has 0 aliphatic heterocycles. The molecule has 0 saturated heterocycles.